The van der Waals surface area contributed by atoms with Crippen LogP contribution < -0.4 is 10.6 Å². The zero-order chi connectivity index (χ0) is 19.8. The molecule has 144 valence electrons. The van der Waals surface area contributed by atoms with Gasteiger partial charge in [0.25, 0.3) is 5.91 Å². The standard InChI is InChI=1S/C22H21ClN2O3/c23-19-9-5-4-8-18(19)22(27)25-15-14-24-21(26)13-11-17-10-12-20(28-17)16-6-2-1-3-7-16/h1-10,12H,11,13-15H2,(H,24,26)(H,25,27). The van der Waals surface area contributed by atoms with Crippen molar-refractivity contribution in [1.29, 1.82) is 0 Å². The van der Waals surface area contributed by atoms with Gasteiger partial charge >= 0.3 is 0 Å². The number of carbonyl (C=O) groups is 2. The van der Waals surface area contributed by atoms with E-state index >= 15 is 0 Å². The molecule has 0 atom stereocenters. The third kappa shape index (κ3) is 5.47. The molecule has 3 aromatic rings. The van der Waals surface area contributed by atoms with Crippen LogP contribution in [0.2, 0.25) is 5.02 Å². The highest BCUT2D eigenvalue weighted by Gasteiger charge is 2.10. The van der Waals surface area contributed by atoms with Gasteiger partial charge in [0.05, 0.1) is 10.6 Å². The largest absolute Gasteiger partial charge is 0.461 e. The average Bonchev–Trinajstić information content (AvgIpc) is 3.20. The van der Waals surface area contributed by atoms with E-state index in [9.17, 15) is 9.59 Å². The van der Waals surface area contributed by atoms with Crippen LogP contribution >= 0.6 is 11.6 Å². The number of halogens is 1. The molecular formula is C22H21ClN2O3. The second-order valence-corrected chi connectivity index (χ2v) is 6.62. The molecule has 0 aliphatic heterocycles. The Morgan fingerprint density at radius 2 is 1.57 bits per heavy atom. The van der Waals surface area contributed by atoms with E-state index in [4.69, 9.17) is 16.0 Å². The Bertz CT molecular complexity index is 938. The molecule has 0 radical (unpaired) electrons. The van der Waals surface area contributed by atoms with E-state index in [-0.39, 0.29) is 11.8 Å². The molecule has 0 fully saturated rings. The summed E-state index contributed by atoms with van der Waals surface area (Å²) in [6.07, 6.45) is 0.838. The minimum atomic E-state index is -0.260. The van der Waals surface area contributed by atoms with Crippen molar-refractivity contribution in [2.24, 2.45) is 0 Å². The highest BCUT2D eigenvalue weighted by atomic mass is 35.5. The Morgan fingerprint density at radius 3 is 2.36 bits per heavy atom. The molecular weight excluding hydrogens is 376 g/mol. The molecule has 0 bridgehead atoms. The Morgan fingerprint density at radius 1 is 0.857 bits per heavy atom. The maximum absolute atomic E-state index is 12.0. The van der Waals surface area contributed by atoms with Crippen LogP contribution in [0.1, 0.15) is 22.5 Å². The van der Waals surface area contributed by atoms with Crippen molar-refractivity contribution >= 4 is 23.4 Å². The minimum Gasteiger partial charge on any atom is -0.461 e. The summed E-state index contributed by atoms with van der Waals surface area (Å²) < 4.78 is 5.79. The second-order valence-electron chi connectivity index (χ2n) is 6.22. The van der Waals surface area contributed by atoms with Gasteiger partial charge in [-0.1, -0.05) is 54.1 Å². The molecule has 2 amide bonds. The van der Waals surface area contributed by atoms with Gasteiger partial charge in [0, 0.05) is 31.5 Å². The molecule has 28 heavy (non-hydrogen) atoms. The molecule has 2 N–H and O–H groups in total. The molecule has 6 heteroatoms. The van der Waals surface area contributed by atoms with Gasteiger partial charge in [-0.05, 0) is 24.3 Å². The van der Waals surface area contributed by atoms with Crippen LogP contribution in [0.15, 0.2) is 71.1 Å². The lowest BCUT2D eigenvalue weighted by molar-refractivity contribution is -0.121. The fourth-order valence-electron chi connectivity index (χ4n) is 2.71. The highest BCUT2D eigenvalue weighted by Crippen LogP contribution is 2.22. The number of carbonyl (C=O) groups excluding carboxylic acids is 2. The molecule has 3 rings (SSSR count). The summed E-state index contributed by atoms with van der Waals surface area (Å²) in [4.78, 5) is 24.0. The van der Waals surface area contributed by atoms with Crippen molar-refractivity contribution in [1.82, 2.24) is 10.6 Å². The molecule has 0 saturated carbocycles. The summed E-state index contributed by atoms with van der Waals surface area (Å²) in [5, 5.41) is 5.92. The fourth-order valence-corrected chi connectivity index (χ4v) is 2.94. The molecule has 0 spiro atoms. The normalized spacial score (nSPS) is 10.5. The number of amides is 2. The number of hydrogen-bond donors (Lipinski definition) is 2. The molecule has 1 heterocycles. The van der Waals surface area contributed by atoms with E-state index in [1.807, 2.05) is 42.5 Å². The first-order valence-electron chi connectivity index (χ1n) is 9.07. The summed E-state index contributed by atoms with van der Waals surface area (Å²) in [6, 6.07) is 20.4. The fraction of sp³-hybridized carbons (Fsp3) is 0.182. The second kappa shape index (κ2) is 9.76. The van der Waals surface area contributed by atoms with Gasteiger partial charge < -0.3 is 15.1 Å². The maximum atomic E-state index is 12.0. The van der Waals surface area contributed by atoms with Crippen LogP contribution in [0, 0.1) is 0 Å². The van der Waals surface area contributed by atoms with E-state index in [1.165, 1.54) is 0 Å². The number of hydrogen-bond acceptors (Lipinski definition) is 3. The van der Waals surface area contributed by atoms with Gasteiger partial charge in [0.2, 0.25) is 5.91 Å². The van der Waals surface area contributed by atoms with Crippen molar-refractivity contribution in [3.05, 3.63) is 83.1 Å². The summed E-state index contributed by atoms with van der Waals surface area (Å²) in [6.45, 7) is 0.678. The van der Waals surface area contributed by atoms with Gasteiger partial charge in [0.15, 0.2) is 0 Å². The Labute approximate surface area is 168 Å². The average molecular weight is 397 g/mol. The third-order valence-electron chi connectivity index (χ3n) is 4.17. The van der Waals surface area contributed by atoms with Gasteiger partial charge in [-0.2, -0.15) is 0 Å². The van der Waals surface area contributed by atoms with Gasteiger partial charge in [0.1, 0.15) is 11.5 Å². The monoisotopic (exact) mass is 396 g/mol. The molecule has 0 unspecified atom stereocenters. The summed E-state index contributed by atoms with van der Waals surface area (Å²) in [5.41, 5.74) is 1.43. The zero-order valence-corrected chi connectivity index (χ0v) is 16.0. The van der Waals surface area contributed by atoms with Crippen molar-refractivity contribution in [2.45, 2.75) is 12.8 Å². The summed E-state index contributed by atoms with van der Waals surface area (Å²) in [5.74, 6) is 1.20. The van der Waals surface area contributed by atoms with Crippen LogP contribution in [-0.2, 0) is 11.2 Å². The topological polar surface area (TPSA) is 71.3 Å². The van der Waals surface area contributed by atoms with Crippen molar-refractivity contribution in [3.63, 3.8) is 0 Å². The minimum absolute atomic E-state index is 0.0929. The Kier molecular flexibility index (Phi) is 6.87. The molecule has 0 aliphatic carbocycles. The van der Waals surface area contributed by atoms with Gasteiger partial charge in [-0.3, -0.25) is 9.59 Å². The van der Waals surface area contributed by atoms with E-state index < -0.39 is 0 Å². The highest BCUT2D eigenvalue weighted by molar-refractivity contribution is 6.33. The van der Waals surface area contributed by atoms with E-state index in [0.717, 1.165) is 17.1 Å². The van der Waals surface area contributed by atoms with E-state index in [1.54, 1.807) is 24.3 Å². The first-order valence-corrected chi connectivity index (χ1v) is 9.45. The number of rotatable bonds is 8. The van der Waals surface area contributed by atoms with Crippen molar-refractivity contribution in [3.8, 4) is 11.3 Å². The summed E-state index contributed by atoms with van der Waals surface area (Å²) in [7, 11) is 0. The Hall–Kier alpha value is -3.05. The van der Waals surface area contributed by atoms with Crippen LogP contribution in [-0.4, -0.2) is 24.9 Å². The predicted molar refractivity (Wildman–Crippen MR) is 109 cm³/mol. The number of nitrogens with one attached hydrogen (secondary N) is 2. The maximum Gasteiger partial charge on any atom is 0.252 e. The number of benzene rings is 2. The van der Waals surface area contributed by atoms with Crippen LogP contribution in [0.4, 0.5) is 0 Å². The van der Waals surface area contributed by atoms with Crippen molar-refractivity contribution < 1.29 is 14.0 Å². The van der Waals surface area contributed by atoms with Gasteiger partial charge in [-0.15, -0.1) is 0 Å². The first kappa shape index (κ1) is 19.7. The van der Waals surface area contributed by atoms with E-state index in [2.05, 4.69) is 10.6 Å². The SMILES string of the molecule is O=C(CCc1ccc(-c2ccccc2)o1)NCCNC(=O)c1ccccc1Cl. The smallest absolute Gasteiger partial charge is 0.252 e. The van der Waals surface area contributed by atoms with Gasteiger partial charge in [-0.25, -0.2) is 0 Å². The lowest BCUT2D eigenvalue weighted by Gasteiger charge is -2.08. The Balaban J connectivity index is 1.37. The molecule has 1 aromatic heterocycles. The lowest BCUT2D eigenvalue weighted by Crippen LogP contribution is -2.34. The first-order chi connectivity index (χ1) is 13.6. The summed E-state index contributed by atoms with van der Waals surface area (Å²) >= 11 is 5.98. The molecule has 2 aromatic carbocycles. The zero-order valence-electron chi connectivity index (χ0n) is 15.3. The molecule has 0 aliphatic rings. The van der Waals surface area contributed by atoms with Crippen LogP contribution in [0.5, 0.6) is 0 Å². The van der Waals surface area contributed by atoms with Crippen LogP contribution in [0.25, 0.3) is 11.3 Å². The number of aryl methyl sites for hydroxylation is 1. The predicted octanol–water partition coefficient (Wildman–Crippen LogP) is 4.08. The van der Waals surface area contributed by atoms with Crippen molar-refractivity contribution in [2.75, 3.05) is 13.1 Å². The number of furan rings is 1. The third-order valence-corrected chi connectivity index (χ3v) is 4.50. The van der Waals surface area contributed by atoms with E-state index in [0.29, 0.717) is 36.5 Å². The lowest BCUT2D eigenvalue weighted by atomic mass is 10.2. The molecule has 5 nitrogen and oxygen atoms in total. The molecule has 0 saturated heterocycles. The van der Waals surface area contributed by atoms with Crippen LogP contribution in [0.3, 0.4) is 0 Å². The quantitative estimate of drug-likeness (QED) is 0.563.